The Balaban J connectivity index is 1.27. The molecule has 2 aromatic heterocycles. The number of aryl methyl sites for hydroxylation is 1. The van der Waals surface area contributed by atoms with Gasteiger partial charge in [0.15, 0.2) is 5.65 Å². The van der Waals surface area contributed by atoms with E-state index in [9.17, 15) is 18.6 Å². The second kappa shape index (κ2) is 7.31. The first-order valence-corrected chi connectivity index (χ1v) is 11.5. The van der Waals surface area contributed by atoms with Crippen molar-refractivity contribution in [2.45, 2.75) is 22.5 Å². The number of aromatic nitrogens is 4. The topological polar surface area (TPSA) is 125 Å². The average molecular weight is 445 g/mol. The Hall–Kier alpha value is -2.44. The van der Waals surface area contributed by atoms with Gasteiger partial charge in [0.2, 0.25) is 10.0 Å². The molecule has 2 atom stereocenters. The van der Waals surface area contributed by atoms with Crippen LogP contribution in [0.15, 0.2) is 47.6 Å². The van der Waals surface area contributed by atoms with Crippen LogP contribution in [0.25, 0.3) is 11.2 Å². The number of benzene rings is 1. The molecule has 2 N–H and O–H groups in total. The van der Waals surface area contributed by atoms with Crippen molar-refractivity contribution < 1.29 is 18.6 Å². The zero-order valence-electron chi connectivity index (χ0n) is 17.0. The highest BCUT2D eigenvalue weighted by Crippen LogP contribution is 2.34. The summed E-state index contributed by atoms with van der Waals surface area (Å²) in [6.45, 7) is 1.18. The minimum atomic E-state index is -3.78. The van der Waals surface area contributed by atoms with E-state index in [0.717, 1.165) is 21.2 Å². The fourth-order valence-electron chi connectivity index (χ4n) is 4.46. The Labute approximate surface area is 179 Å². The first kappa shape index (κ1) is 20.5. The molecule has 0 aliphatic carbocycles. The van der Waals surface area contributed by atoms with Crippen LogP contribution in [0.3, 0.4) is 0 Å². The van der Waals surface area contributed by atoms with Gasteiger partial charge in [-0.3, -0.25) is 4.90 Å². The monoisotopic (exact) mass is 444 g/mol. The van der Waals surface area contributed by atoms with Crippen molar-refractivity contribution in [3.63, 3.8) is 0 Å². The van der Waals surface area contributed by atoms with Crippen LogP contribution in [0.4, 0.5) is 0 Å². The van der Waals surface area contributed by atoms with E-state index in [1.165, 1.54) is 12.1 Å². The molecule has 0 amide bonds. The third-order valence-corrected chi connectivity index (χ3v) is 7.98. The van der Waals surface area contributed by atoms with E-state index in [1.807, 2.05) is 11.9 Å². The number of likely N-dealkylation sites (tertiary alicyclic amines) is 1. The Kier molecular flexibility index (Phi) is 4.83. The molecule has 11 heteroatoms. The number of fused-ring (bicyclic) bond motifs is 1. The van der Waals surface area contributed by atoms with Gasteiger partial charge >= 0.3 is 0 Å². The lowest BCUT2D eigenvalue weighted by atomic mass is 9.91. The van der Waals surface area contributed by atoms with Gasteiger partial charge in [0.25, 0.3) is 0 Å². The molecule has 0 radical (unpaired) electrons. The fourth-order valence-corrected chi connectivity index (χ4v) is 5.99. The standard InChI is InChI=1S/C20H24N6O4S/c1-24-19-18(21-7-8-22-19)17(23-24)14-9-25(10-14)12-20(28)13-26(11-16(20)27)31(29,30)15-5-3-2-4-6-15/h2-8,14,16,27-28H,9-13H2,1H3/t16-,20+/m1/s1. The normalized spacial score (nSPS) is 25.8. The molecule has 5 rings (SSSR count). The maximum atomic E-state index is 12.9. The maximum Gasteiger partial charge on any atom is 0.243 e. The molecule has 2 fully saturated rings. The summed E-state index contributed by atoms with van der Waals surface area (Å²) in [5.74, 6) is 0.145. The molecule has 3 aromatic rings. The molecule has 2 aliphatic rings. The van der Waals surface area contributed by atoms with Crippen molar-refractivity contribution >= 4 is 21.2 Å². The summed E-state index contributed by atoms with van der Waals surface area (Å²) in [7, 11) is -1.95. The maximum absolute atomic E-state index is 12.9. The number of β-amino-alcohol motifs (C(OH)–C–C–N with tert-alkyl or cyclic N) is 2. The third-order valence-electron chi connectivity index (χ3n) is 6.16. The SMILES string of the molecule is Cn1nc(C2CN(C[C@]3(O)CN(S(=O)(=O)c4ccccc4)C[C@H]3O)C2)c2nccnc21. The van der Waals surface area contributed by atoms with E-state index >= 15 is 0 Å². The molecule has 0 spiro atoms. The van der Waals surface area contributed by atoms with Crippen molar-refractivity contribution in [1.82, 2.24) is 29.0 Å². The highest BCUT2D eigenvalue weighted by molar-refractivity contribution is 7.89. The number of nitrogens with zero attached hydrogens (tertiary/aromatic N) is 6. The van der Waals surface area contributed by atoms with Crippen LogP contribution in [-0.2, 0) is 17.1 Å². The van der Waals surface area contributed by atoms with Crippen LogP contribution in [-0.4, -0.2) is 92.0 Å². The first-order valence-electron chi connectivity index (χ1n) is 10.1. The second-order valence-corrected chi connectivity index (χ2v) is 10.3. The molecule has 164 valence electrons. The van der Waals surface area contributed by atoms with E-state index < -0.39 is 21.7 Å². The molecule has 0 saturated carbocycles. The Morgan fingerprint density at radius 3 is 2.58 bits per heavy atom. The second-order valence-electron chi connectivity index (χ2n) is 8.36. The lowest BCUT2D eigenvalue weighted by molar-refractivity contribution is -0.0736. The number of hydrogen-bond acceptors (Lipinski definition) is 8. The number of aliphatic hydroxyl groups excluding tert-OH is 1. The van der Waals surface area contributed by atoms with Crippen LogP contribution < -0.4 is 0 Å². The summed E-state index contributed by atoms with van der Waals surface area (Å²) >= 11 is 0. The summed E-state index contributed by atoms with van der Waals surface area (Å²) < 4.78 is 28.6. The quantitative estimate of drug-likeness (QED) is 0.543. The molecular weight excluding hydrogens is 420 g/mol. The molecule has 4 heterocycles. The largest absolute Gasteiger partial charge is 0.389 e. The third kappa shape index (κ3) is 3.42. The molecule has 1 aromatic carbocycles. The summed E-state index contributed by atoms with van der Waals surface area (Å²) in [6.07, 6.45) is 2.11. The number of hydrogen-bond donors (Lipinski definition) is 2. The smallest absolute Gasteiger partial charge is 0.243 e. The number of sulfonamides is 1. The van der Waals surface area contributed by atoms with Crippen molar-refractivity contribution in [2.75, 3.05) is 32.7 Å². The Bertz CT molecular complexity index is 1210. The lowest BCUT2D eigenvalue weighted by Gasteiger charge is -2.42. The summed E-state index contributed by atoms with van der Waals surface area (Å²) in [5.41, 5.74) is 0.838. The van der Waals surface area contributed by atoms with Crippen molar-refractivity contribution in [2.24, 2.45) is 7.05 Å². The lowest BCUT2D eigenvalue weighted by Crippen LogP contribution is -2.57. The van der Waals surface area contributed by atoms with Crippen LogP contribution in [0.2, 0.25) is 0 Å². The van der Waals surface area contributed by atoms with Gasteiger partial charge < -0.3 is 10.2 Å². The van der Waals surface area contributed by atoms with E-state index in [4.69, 9.17) is 0 Å². The molecule has 10 nitrogen and oxygen atoms in total. The minimum Gasteiger partial charge on any atom is -0.389 e. The van der Waals surface area contributed by atoms with Crippen LogP contribution >= 0.6 is 0 Å². The van der Waals surface area contributed by atoms with Gasteiger partial charge in [-0.25, -0.2) is 23.1 Å². The summed E-state index contributed by atoms with van der Waals surface area (Å²) in [5, 5.41) is 26.1. The Morgan fingerprint density at radius 1 is 1.13 bits per heavy atom. The zero-order chi connectivity index (χ0) is 21.8. The van der Waals surface area contributed by atoms with Crippen LogP contribution in [0, 0.1) is 0 Å². The molecule has 0 bridgehead atoms. The van der Waals surface area contributed by atoms with Gasteiger partial charge in [0.05, 0.1) is 16.7 Å². The zero-order valence-corrected chi connectivity index (χ0v) is 17.9. The molecule has 31 heavy (non-hydrogen) atoms. The highest BCUT2D eigenvalue weighted by atomic mass is 32.2. The molecule has 0 unspecified atom stereocenters. The first-order chi connectivity index (χ1) is 14.8. The van der Waals surface area contributed by atoms with Crippen molar-refractivity contribution in [1.29, 1.82) is 0 Å². The van der Waals surface area contributed by atoms with E-state index in [2.05, 4.69) is 15.1 Å². The van der Waals surface area contributed by atoms with Crippen LogP contribution in [0.5, 0.6) is 0 Å². The van der Waals surface area contributed by atoms with Crippen molar-refractivity contribution in [3.05, 3.63) is 48.4 Å². The number of aliphatic hydroxyl groups is 2. The fraction of sp³-hybridized carbons (Fsp3) is 0.450. The summed E-state index contributed by atoms with van der Waals surface area (Å²) in [6, 6.07) is 8.07. The molecule has 2 saturated heterocycles. The summed E-state index contributed by atoms with van der Waals surface area (Å²) in [4.78, 5) is 10.9. The van der Waals surface area contributed by atoms with Crippen LogP contribution in [0.1, 0.15) is 11.6 Å². The molecular formula is C20H24N6O4S. The molecule has 2 aliphatic heterocycles. The van der Waals surface area contributed by atoms with Gasteiger partial charge in [-0.1, -0.05) is 18.2 Å². The van der Waals surface area contributed by atoms with Gasteiger partial charge in [-0.05, 0) is 12.1 Å². The predicted octanol–water partition coefficient (Wildman–Crippen LogP) is -0.441. The average Bonchev–Trinajstić information content (AvgIpc) is 3.23. The predicted molar refractivity (Wildman–Crippen MR) is 112 cm³/mol. The van der Waals surface area contributed by atoms with E-state index in [0.29, 0.717) is 13.1 Å². The van der Waals surface area contributed by atoms with E-state index in [-0.39, 0.29) is 30.4 Å². The van der Waals surface area contributed by atoms with Gasteiger partial charge in [0.1, 0.15) is 11.1 Å². The van der Waals surface area contributed by atoms with E-state index in [1.54, 1.807) is 35.3 Å². The minimum absolute atomic E-state index is 0.133. The van der Waals surface area contributed by atoms with Gasteiger partial charge in [-0.2, -0.15) is 9.40 Å². The van der Waals surface area contributed by atoms with Gasteiger partial charge in [-0.15, -0.1) is 0 Å². The van der Waals surface area contributed by atoms with Crippen molar-refractivity contribution in [3.8, 4) is 0 Å². The Morgan fingerprint density at radius 2 is 1.84 bits per heavy atom. The van der Waals surface area contributed by atoms with Gasteiger partial charge in [0, 0.05) is 58.1 Å². The number of rotatable bonds is 5. The highest BCUT2D eigenvalue weighted by Gasteiger charge is 2.50.